The lowest BCUT2D eigenvalue weighted by atomic mass is 10.2. The van der Waals surface area contributed by atoms with Crippen LogP contribution in [-0.2, 0) is 10.0 Å². The minimum absolute atomic E-state index is 0.290. The molecular formula is C13H17F2N3O3S2. The number of nitrogens with zero attached hydrogens (tertiary/aromatic N) is 1. The summed E-state index contributed by atoms with van der Waals surface area (Å²) in [5, 5.41) is 7.64. The van der Waals surface area contributed by atoms with Crippen LogP contribution in [0.4, 0.5) is 19.3 Å². The van der Waals surface area contributed by atoms with E-state index in [9.17, 15) is 22.0 Å². The molecule has 1 fully saturated rings. The molecule has 6 nitrogen and oxygen atoms in total. The van der Waals surface area contributed by atoms with Gasteiger partial charge in [0.25, 0.3) is 5.76 Å². The maximum absolute atomic E-state index is 12.4. The number of amides is 2. The number of nitrogens with two attached hydrogens (primary N) is 1. The van der Waals surface area contributed by atoms with Crippen molar-refractivity contribution >= 4 is 33.5 Å². The van der Waals surface area contributed by atoms with Crippen LogP contribution in [-0.4, -0.2) is 43.4 Å². The molecule has 128 valence electrons. The molecule has 0 radical (unpaired) electrons. The lowest BCUT2D eigenvalue weighted by Crippen LogP contribution is -2.43. The zero-order valence-electron chi connectivity index (χ0n) is 12.1. The zero-order chi connectivity index (χ0) is 17.0. The number of anilines is 1. The highest BCUT2D eigenvalue weighted by molar-refractivity contribution is 7.99. The molecule has 0 aliphatic carbocycles. The van der Waals surface area contributed by atoms with Gasteiger partial charge in [0.05, 0.1) is 5.75 Å². The van der Waals surface area contributed by atoms with Crippen molar-refractivity contribution in [2.75, 3.05) is 17.6 Å². The predicted octanol–water partition coefficient (Wildman–Crippen LogP) is 2.29. The molecule has 23 heavy (non-hydrogen) atoms. The smallest absolute Gasteiger partial charge is 0.320 e. The fraction of sp³-hybridized carbons (Fsp3) is 0.462. The van der Waals surface area contributed by atoms with Gasteiger partial charge in [-0.3, -0.25) is 0 Å². The summed E-state index contributed by atoms with van der Waals surface area (Å²) in [5.74, 6) is -2.83. The van der Waals surface area contributed by atoms with Crippen LogP contribution < -0.4 is 10.5 Å². The van der Waals surface area contributed by atoms with Crippen LogP contribution in [0.2, 0.25) is 0 Å². The number of hydrogen-bond acceptors (Lipinski definition) is 4. The Morgan fingerprint density at radius 3 is 2.87 bits per heavy atom. The predicted molar refractivity (Wildman–Crippen MR) is 85.0 cm³/mol. The van der Waals surface area contributed by atoms with Crippen molar-refractivity contribution in [3.8, 4) is 0 Å². The SMILES string of the molecule is NS(=O)(=O)C[C@H]1CCCN1C(=O)Nc1cccc(SC(F)F)c1. The first-order chi connectivity index (χ1) is 10.7. The number of carbonyl (C=O) groups is 1. The van der Waals surface area contributed by atoms with Gasteiger partial charge in [0.2, 0.25) is 10.0 Å². The molecule has 10 heteroatoms. The van der Waals surface area contributed by atoms with E-state index in [1.54, 1.807) is 12.1 Å². The monoisotopic (exact) mass is 365 g/mol. The van der Waals surface area contributed by atoms with Crippen molar-refractivity contribution in [3.63, 3.8) is 0 Å². The third-order valence-corrected chi connectivity index (χ3v) is 4.93. The molecule has 0 saturated carbocycles. The largest absolute Gasteiger partial charge is 0.322 e. The van der Waals surface area contributed by atoms with Crippen LogP contribution in [0, 0.1) is 0 Å². The maximum Gasteiger partial charge on any atom is 0.322 e. The average Bonchev–Trinajstić information content (AvgIpc) is 2.84. The van der Waals surface area contributed by atoms with E-state index in [1.807, 2.05) is 0 Å². The third kappa shape index (κ3) is 5.63. The summed E-state index contributed by atoms with van der Waals surface area (Å²) in [7, 11) is -3.68. The highest BCUT2D eigenvalue weighted by atomic mass is 32.2. The number of urea groups is 1. The molecule has 1 heterocycles. The highest BCUT2D eigenvalue weighted by Crippen LogP contribution is 2.27. The number of likely N-dealkylation sites (tertiary alicyclic amines) is 1. The maximum atomic E-state index is 12.4. The number of sulfonamides is 1. The first kappa shape index (κ1) is 18.0. The van der Waals surface area contributed by atoms with E-state index in [0.717, 1.165) is 0 Å². The minimum Gasteiger partial charge on any atom is -0.320 e. The molecule has 0 spiro atoms. The Morgan fingerprint density at radius 2 is 2.22 bits per heavy atom. The van der Waals surface area contributed by atoms with Crippen molar-refractivity contribution in [2.45, 2.75) is 29.5 Å². The summed E-state index contributed by atoms with van der Waals surface area (Å²) in [6.45, 7) is 0.428. The molecule has 0 aromatic heterocycles. The Labute approximate surface area is 137 Å². The molecule has 2 amide bonds. The Kier molecular flexibility index (Phi) is 5.82. The number of hydrogen-bond donors (Lipinski definition) is 2. The van der Waals surface area contributed by atoms with Crippen molar-refractivity contribution < 1.29 is 22.0 Å². The molecule has 3 N–H and O–H groups in total. The summed E-state index contributed by atoms with van der Waals surface area (Å²) in [5.41, 5.74) is 0.377. The fourth-order valence-corrected chi connectivity index (χ4v) is 3.93. The van der Waals surface area contributed by atoms with Gasteiger partial charge >= 0.3 is 6.03 Å². The molecule has 1 aliphatic heterocycles. The summed E-state index contributed by atoms with van der Waals surface area (Å²) < 4.78 is 47.1. The zero-order valence-corrected chi connectivity index (χ0v) is 13.7. The van der Waals surface area contributed by atoms with Crippen LogP contribution >= 0.6 is 11.8 Å². The van der Waals surface area contributed by atoms with Gasteiger partial charge in [-0.05, 0) is 31.0 Å². The summed E-state index contributed by atoms with van der Waals surface area (Å²) in [6, 6.07) is 5.18. The number of carbonyl (C=O) groups excluding carboxylic acids is 1. The van der Waals surface area contributed by atoms with Gasteiger partial charge in [0.15, 0.2) is 0 Å². The van der Waals surface area contributed by atoms with Gasteiger partial charge in [-0.15, -0.1) is 0 Å². The standard InChI is InChI=1S/C13H17F2N3O3S2/c14-12(15)22-11-5-1-3-9(7-11)17-13(19)18-6-2-4-10(18)8-23(16,20)21/h1,3,5,7,10,12H,2,4,6,8H2,(H,17,19)(H2,16,20,21)/t10-/m1/s1. The van der Waals surface area contributed by atoms with E-state index < -0.39 is 27.9 Å². The first-order valence-electron chi connectivity index (χ1n) is 6.87. The van der Waals surface area contributed by atoms with Gasteiger partial charge in [-0.1, -0.05) is 17.8 Å². The second-order valence-corrected chi connectivity index (χ2v) is 7.88. The normalized spacial score (nSPS) is 18.4. The Bertz CT molecular complexity index is 670. The van der Waals surface area contributed by atoms with Crippen LogP contribution in [0.25, 0.3) is 0 Å². The van der Waals surface area contributed by atoms with Crippen LogP contribution in [0.5, 0.6) is 0 Å². The average molecular weight is 365 g/mol. The Morgan fingerprint density at radius 1 is 1.48 bits per heavy atom. The van der Waals surface area contributed by atoms with E-state index >= 15 is 0 Å². The number of thioether (sulfide) groups is 1. The van der Waals surface area contributed by atoms with E-state index in [1.165, 1.54) is 17.0 Å². The number of benzene rings is 1. The van der Waals surface area contributed by atoms with E-state index in [2.05, 4.69) is 5.32 Å². The molecule has 1 saturated heterocycles. The second kappa shape index (κ2) is 7.45. The summed E-state index contributed by atoms with van der Waals surface area (Å²) in [6.07, 6.45) is 1.25. The fourth-order valence-electron chi connectivity index (χ4n) is 2.49. The summed E-state index contributed by atoms with van der Waals surface area (Å²) in [4.78, 5) is 14.0. The van der Waals surface area contributed by atoms with Crippen LogP contribution in [0.3, 0.4) is 0 Å². The number of rotatable bonds is 5. The topological polar surface area (TPSA) is 92.5 Å². The number of primary sulfonamides is 1. The van der Waals surface area contributed by atoms with Gasteiger partial charge in [-0.2, -0.15) is 8.78 Å². The molecule has 0 unspecified atom stereocenters. The van der Waals surface area contributed by atoms with Crippen molar-refractivity contribution in [1.82, 2.24) is 4.90 Å². The summed E-state index contributed by atoms with van der Waals surface area (Å²) >= 11 is 0.386. The highest BCUT2D eigenvalue weighted by Gasteiger charge is 2.31. The lowest BCUT2D eigenvalue weighted by molar-refractivity contribution is 0.210. The van der Waals surface area contributed by atoms with E-state index in [4.69, 9.17) is 5.14 Å². The molecule has 0 bridgehead atoms. The van der Waals surface area contributed by atoms with Crippen LogP contribution in [0.1, 0.15) is 12.8 Å². The Balaban J connectivity index is 2.03. The van der Waals surface area contributed by atoms with Gasteiger partial charge < -0.3 is 10.2 Å². The number of alkyl halides is 2. The van der Waals surface area contributed by atoms with Crippen LogP contribution in [0.15, 0.2) is 29.2 Å². The van der Waals surface area contributed by atoms with Gasteiger partial charge in [0, 0.05) is 23.2 Å². The molecule has 1 atom stereocenters. The molecule has 2 rings (SSSR count). The molecule has 1 aliphatic rings. The lowest BCUT2D eigenvalue weighted by Gasteiger charge is -2.24. The van der Waals surface area contributed by atoms with Gasteiger partial charge in [0.1, 0.15) is 0 Å². The minimum atomic E-state index is -3.68. The van der Waals surface area contributed by atoms with Crippen molar-refractivity contribution in [3.05, 3.63) is 24.3 Å². The molecular weight excluding hydrogens is 348 g/mol. The number of nitrogens with one attached hydrogen (secondary N) is 1. The van der Waals surface area contributed by atoms with Crippen molar-refractivity contribution in [2.24, 2.45) is 5.14 Å². The molecule has 1 aromatic carbocycles. The van der Waals surface area contributed by atoms with E-state index in [-0.39, 0.29) is 5.75 Å². The number of halogens is 2. The quantitative estimate of drug-likeness (QED) is 0.783. The first-order valence-corrected chi connectivity index (χ1v) is 9.47. The van der Waals surface area contributed by atoms with E-state index in [0.29, 0.717) is 41.7 Å². The van der Waals surface area contributed by atoms with Gasteiger partial charge in [-0.25, -0.2) is 18.4 Å². The Hall–Kier alpha value is -1.39. The van der Waals surface area contributed by atoms with Crippen molar-refractivity contribution in [1.29, 1.82) is 0 Å². The molecule has 1 aromatic rings. The second-order valence-electron chi connectivity index (χ2n) is 5.16. The third-order valence-electron chi connectivity index (χ3n) is 3.37.